The molecule has 2 atom stereocenters. The second-order valence-corrected chi connectivity index (χ2v) is 7.76. The molecule has 0 amide bonds. The molecular weight excluding hydrogens is 290 g/mol. The van der Waals surface area contributed by atoms with Gasteiger partial charge in [0, 0.05) is 12.2 Å². The van der Waals surface area contributed by atoms with Crippen LogP contribution in [0.4, 0.5) is 0 Å². The monoisotopic (exact) mass is 313 g/mol. The Labute approximate surface area is 126 Å². The molecule has 1 saturated heterocycles. The van der Waals surface area contributed by atoms with Gasteiger partial charge in [0.2, 0.25) is 0 Å². The Balaban J connectivity index is 2.03. The number of rotatable bonds is 7. The number of aromatic nitrogens is 1. The van der Waals surface area contributed by atoms with Crippen molar-refractivity contribution in [2.45, 2.75) is 32.2 Å². The standard InChI is InChI=1S/C14H23N3O3S/c1-2-4-20-13-7-12(8-16-9-13)14(17-15)6-11-3-5-21(18,19)10-11/h7-9,11,14,17H,2-6,10,15H2,1H3. The highest BCUT2D eigenvalue weighted by molar-refractivity contribution is 7.91. The van der Waals surface area contributed by atoms with Gasteiger partial charge in [-0.2, -0.15) is 0 Å². The molecule has 2 unspecified atom stereocenters. The number of sulfone groups is 1. The molecule has 1 aliphatic rings. The van der Waals surface area contributed by atoms with Crippen molar-refractivity contribution >= 4 is 9.84 Å². The lowest BCUT2D eigenvalue weighted by atomic mass is 9.95. The number of nitrogens with two attached hydrogens (primary N) is 1. The summed E-state index contributed by atoms with van der Waals surface area (Å²) < 4.78 is 28.6. The van der Waals surface area contributed by atoms with Crippen molar-refractivity contribution in [3.8, 4) is 5.75 Å². The van der Waals surface area contributed by atoms with Gasteiger partial charge in [-0.05, 0) is 36.8 Å². The van der Waals surface area contributed by atoms with Gasteiger partial charge in [-0.15, -0.1) is 0 Å². The normalized spacial score (nSPS) is 22.1. The van der Waals surface area contributed by atoms with E-state index in [1.807, 2.05) is 13.0 Å². The highest BCUT2D eigenvalue weighted by Gasteiger charge is 2.30. The number of pyridine rings is 1. The smallest absolute Gasteiger partial charge is 0.150 e. The van der Waals surface area contributed by atoms with Crippen LogP contribution in [0.5, 0.6) is 5.75 Å². The van der Waals surface area contributed by atoms with E-state index in [9.17, 15) is 8.42 Å². The second-order valence-electron chi connectivity index (χ2n) is 5.53. The molecule has 0 saturated carbocycles. The lowest BCUT2D eigenvalue weighted by Crippen LogP contribution is -2.30. The zero-order chi connectivity index (χ0) is 15.3. The fourth-order valence-corrected chi connectivity index (χ4v) is 4.50. The molecular formula is C14H23N3O3S. The minimum absolute atomic E-state index is 0.110. The Bertz CT molecular complexity index is 562. The third-order valence-electron chi connectivity index (χ3n) is 3.71. The van der Waals surface area contributed by atoms with Crippen molar-refractivity contribution in [2.75, 3.05) is 18.1 Å². The quantitative estimate of drug-likeness (QED) is 0.580. The van der Waals surface area contributed by atoms with E-state index in [0.29, 0.717) is 25.2 Å². The molecule has 1 aromatic heterocycles. The molecule has 0 radical (unpaired) electrons. The molecule has 1 aliphatic heterocycles. The third-order valence-corrected chi connectivity index (χ3v) is 5.54. The lowest BCUT2D eigenvalue weighted by Gasteiger charge is -2.19. The molecule has 0 aromatic carbocycles. The van der Waals surface area contributed by atoms with Crippen molar-refractivity contribution in [1.29, 1.82) is 0 Å². The fraction of sp³-hybridized carbons (Fsp3) is 0.643. The second kappa shape index (κ2) is 7.20. The summed E-state index contributed by atoms with van der Waals surface area (Å²) in [4.78, 5) is 4.17. The van der Waals surface area contributed by atoms with Crippen LogP contribution < -0.4 is 16.0 Å². The molecule has 0 aliphatic carbocycles. The average molecular weight is 313 g/mol. The van der Waals surface area contributed by atoms with E-state index in [1.165, 1.54) is 0 Å². The molecule has 21 heavy (non-hydrogen) atoms. The molecule has 118 valence electrons. The minimum Gasteiger partial charge on any atom is -0.492 e. The molecule has 0 bridgehead atoms. The fourth-order valence-electron chi connectivity index (χ4n) is 2.62. The number of nitrogens with one attached hydrogen (secondary N) is 1. The van der Waals surface area contributed by atoms with Crippen LogP contribution in [0.3, 0.4) is 0 Å². The Kier molecular flexibility index (Phi) is 5.55. The van der Waals surface area contributed by atoms with Crippen molar-refractivity contribution < 1.29 is 13.2 Å². The summed E-state index contributed by atoms with van der Waals surface area (Å²) in [5.41, 5.74) is 3.69. The van der Waals surface area contributed by atoms with Gasteiger partial charge >= 0.3 is 0 Å². The van der Waals surface area contributed by atoms with E-state index in [1.54, 1.807) is 12.4 Å². The van der Waals surface area contributed by atoms with Crippen molar-refractivity contribution in [1.82, 2.24) is 10.4 Å². The lowest BCUT2D eigenvalue weighted by molar-refractivity contribution is 0.315. The van der Waals surface area contributed by atoms with Crippen molar-refractivity contribution in [3.05, 3.63) is 24.0 Å². The maximum Gasteiger partial charge on any atom is 0.150 e. The molecule has 1 aromatic rings. The van der Waals surface area contributed by atoms with E-state index in [0.717, 1.165) is 12.0 Å². The molecule has 0 spiro atoms. The minimum atomic E-state index is -2.86. The first-order valence-electron chi connectivity index (χ1n) is 7.28. The van der Waals surface area contributed by atoms with E-state index in [-0.39, 0.29) is 23.5 Å². The van der Waals surface area contributed by atoms with Crippen LogP contribution in [-0.4, -0.2) is 31.5 Å². The van der Waals surface area contributed by atoms with Gasteiger partial charge in [-0.1, -0.05) is 6.92 Å². The predicted molar refractivity (Wildman–Crippen MR) is 81.5 cm³/mol. The van der Waals surface area contributed by atoms with Crippen LogP contribution in [0, 0.1) is 5.92 Å². The first-order chi connectivity index (χ1) is 10.0. The van der Waals surface area contributed by atoms with Crippen LogP contribution in [0.2, 0.25) is 0 Å². The number of ether oxygens (including phenoxy) is 1. The molecule has 2 heterocycles. The predicted octanol–water partition coefficient (Wildman–Crippen LogP) is 1.20. The molecule has 7 heteroatoms. The third kappa shape index (κ3) is 4.66. The van der Waals surface area contributed by atoms with Gasteiger partial charge in [0.05, 0.1) is 24.3 Å². The Morgan fingerprint density at radius 3 is 2.95 bits per heavy atom. The number of hydrogen-bond acceptors (Lipinski definition) is 6. The average Bonchev–Trinajstić information content (AvgIpc) is 2.82. The van der Waals surface area contributed by atoms with Crippen LogP contribution in [0.15, 0.2) is 18.5 Å². The summed E-state index contributed by atoms with van der Waals surface area (Å²) in [6.45, 7) is 2.69. The first-order valence-corrected chi connectivity index (χ1v) is 9.10. The van der Waals surface area contributed by atoms with E-state index in [4.69, 9.17) is 10.6 Å². The molecule has 6 nitrogen and oxygen atoms in total. The molecule has 3 N–H and O–H groups in total. The topological polar surface area (TPSA) is 94.3 Å². The Morgan fingerprint density at radius 2 is 2.33 bits per heavy atom. The van der Waals surface area contributed by atoms with Gasteiger partial charge in [0.15, 0.2) is 9.84 Å². The van der Waals surface area contributed by atoms with Gasteiger partial charge in [-0.3, -0.25) is 16.3 Å². The zero-order valence-electron chi connectivity index (χ0n) is 12.3. The van der Waals surface area contributed by atoms with Gasteiger partial charge < -0.3 is 4.74 Å². The highest BCUT2D eigenvalue weighted by Crippen LogP contribution is 2.29. The maximum atomic E-state index is 11.5. The number of hydrogen-bond donors (Lipinski definition) is 2. The van der Waals surface area contributed by atoms with E-state index in [2.05, 4.69) is 10.4 Å². The van der Waals surface area contributed by atoms with Crippen LogP contribution >= 0.6 is 0 Å². The summed E-state index contributed by atoms with van der Waals surface area (Å²) >= 11 is 0. The Hall–Kier alpha value is -1.18. The van der Waals surface area contributed by atoms with Crippen molar-refractivity contribution in [2.24, 2.45) is 11.8 Å². The van der Waals surface area contributed by atoms with Crippen LogP contribution in [0.1, 0.15) is 37.8 Å². The number of nitrogens with zero attached hydrogens (tertiary/aromatic N) is 1. The summed E-state index contributed by atoms with van der Waals surface area (Å²) in [7, 11) is -2.86. The number of hydrazine groups is 1. The van der Waals surface area contributed by atoms with E-state index < -0.39 is 9.84 Å². The maximum absolute atomic E-state index is 11.5. The van der Waals surface area contributed by atoms with Gasteiger partial charge in [-0.25, -0.2) is 8.42 Å². The summed E-state index contributed by atoms with van der Waals surface area (Å²) in [6.07, 6.45) is 5.75. The summed E-state index contributed by atoms with van der Waals surface area (Å²) in [5.74, 6) is 7.04. The van der Waals surface area contributed by atoms with Gasteiger partial charge in [0.1, 0.15) is 5.75 Å². The highest BCUT2D eigenvalue weighted by atomic mass is 32.2. The van der Waals surface area contributed by atoms with Gasteiger partial charge in [0.25, 0.3) is 0 Å². The largest absolute Gasteiger partial charge is 0.492 e. The summed E-state index contributed by atoms with van der Waals surface area (Å²) in [5, 5.41) is 0. The van der Waals surface area contributed by atoms with E-state index >= 15 is 0 Å². The summed E-state index contributed by atoms with van der Waals surface area (Å²) in [6, 6.07) is 1.80. The zero-order valence-corrected chi connectivity index (χ0v) is 13.1. The Morgan fingerprint density at radius 1 is 1.52 bits per heavy atom. The SMILES string of the molecule is CCCOc1cncc(C(CC2CCS(=O)(=O)C2)NN)c1. The van der Waals surface area contributed by atoms with Crippen LogP contribution in [0.25, 0.3) is 0 Å². The first kappa shape index (κ1) is 16.2. The molecule has 1 fully saturated rings. The van der Waals surface area contributed by atoms with Crippen LogP contribution in [-0.2, 0) is 9.84 Å². The van der Waals surface area contributed by atoms with Crippen molar-refractivity contribution in [3.63, 3.8) is 0 Å². The molecule has 2 rings (SSSR count).